The molecule has 41 heavy (non-hydrogen) atoms. The van der Waals surface area contributed by atoms with Gasteiger partial charge >= 0.3 is 0 Å². The molecule has 0 bridgehead atoms. The van der Waals surface area contributed by atoms with Gasteiger partial charge in [-0.05, 0) is 55.9 Å². The molecule has 2 nitrogen and oxygen atoms in total. The Morgan fingerprint density at radius 1 is 0.463 bits per heavy atom. The summed E-state index contributed by atoms with van der Waals surface area (Å²) in [6.07, 6.45) is 0. The maximum absolute atomic E-state index is 5.17. The lowest BCUT2D eigenvalue weighted by molar-refractivity contribution is 0.666. The van der Waals surface area contributed by atoms with E-state index in [4.69, 9.17) is 9.97 Å². The molecule has 7 aromatic rings. The summed E-state index contributed by atoms with van der Waals surface area (Å²) in [7, 11) is 0. The van der Waals surface area contributed by atoms with Crippen molar-refractivity contribution in [1.82, 2.24) is 9.97 Å². The third-order valence-electron chi connectivity index (χ3n) is 8.66. The van der Waals surface area contributed by atoms with E-state index in [0.29, 0.717) is 0 Å². The Bertz CT molecular complexity index is 2120. The van der Waals surface area contributed by atoms with Crippen LogP contribution in [0.4, 0.5) is 0 Å². The molecule has 0 unspecified atom stereocenters. The zero-order chi connectivity index (χ0) is 27.6. The van der Waals surface area contributed by atoms with Crippen molar-refractivity contribution in [1.29, 1.82) is 0 Å². The Balaban J connectivity index is 1.37. The molecule has 1 aromatic heterocycles. The number of hydrogen-bond acceptors (Lipinski definition) is 2. The van der Waals surface area contributed by atoms with Gasteiger partial charge in [0.05, 0.1) is 11.4 Å². The van der Waals surface area contributed by atoms with E-state index < -0.39 is 0 Å². The molecule has 2 heteroatoms. The van der Waals surface area contributed by atoms with Crippen molar-refractivity contribution in [3.63, 3.8) is 0 Å². The Morgan fingerprint density at radius 3 is 2.07 bits per heavy atom. The van der Waals surface area contributed by atoms with Crippen LogP contribution in [-0.4, -0.2) is 9.97 Å². The second kappa shape index (κ2) is 8.97. The molecule has 0 radical (unpaired) electrons. The van der Waals surface area contributed by atoms with E-state index >= 15 is 0 Å². The lowest BCUT2D eigenvalue weighted by Gasteiger charge is -2.23. The largest absolute Gasteiger partial charge is 0.228 e. The molecule has 0 atom stereocenters. The van der Waals surface area contributed by atoms with Crippen LogP contribution in [0.25, 0.3) is 66.6 Å². The standard InChI is InChI=1S/C39H28N2/c1-39(2)34-18-9-8-15-30(34)33-22-21-29-31(16-10-17-32(29)37(33)39)36-24-35(40-38(41-36)26-12-4-3-5-13-26)28-20-19-25-11-6-7-14-27(25)23-28/h3-24H,1-2H3. The van der Waals surface area contributed by atoms with Gasteiger partial charge in [-0.2, -0.15) is 0 Å². The quantitative estimate of drug-likeness (QED) is 0.230. The minimum atomic E-state index is -0.0822. The van der Waals surface area contributed by atoms with Crippen LogP contribution in [0.5, 0.6) is 0 Å². The highest BCUT2D eigenvalue weighted by Crippen LogP contribution is 2.52. The van der Waals surface area contributed by atoms with E-state index in [2.05, 4.69) is 129 Å². The predicted molar refractivity (Wildman–Crippen MR) is 171 cm³/mol. The molecule has 6 aromatic carbocycles. The highest BCUT2D eigenvalue weighted by Gasteiger charge is 2.36. The molecular formula is C39H28N2. The molecule has 194 valence electrons. The van der Waals surface area contributed by atoms with Crippen LogP contribution >= 0.6 is 0 Å². The van der Waals surface area contributed by atoms with Crippen molar-refractivity contribution in [2.75, 3.05) is 0 Å². The first-order valence-corrected chi connectivity index (χ1v) is 14.2. The molecule has 1 heterocycles. The Kier molecular flexibility index (Phi) is 5.20. The molecule has 0 fully saturated rings. The predicted octanol–water partition coefficient (Wildman–Crippen LogP) is 10.1. The molecule has 1 aliphatic rings. The van der Waals surface area contributed by atoms with Crippen LogP contribution in [0.2, 0.25) is 0 Å². The summed E-state index contributed by atoms with van der Waals surface area (Å²) in [5.74, 6) is 0.733. The van der Waals surface area contributed by atoms with Crippen molar-refractivity contribution in [3.8, 4) is 45.0 Å². The Hall–Kier alpha value is -5.08. The van der Waals surface area contributed by atoms with E-state index in [-0.39, 0.29) is 5.41 Å². The molecule has 8 rings (SSSR count). The van der Waals surface area contributed by atoms with Crippen molar-refractivity contribution in [2.45, 2.75) is 19.3 Å². The molecule has 0 saturated carbocycles. The summed E-state index contributed by atoms with van der Waals surface area (Å²) >= 11 is 0. The van der Waals surface area contributed by atoms with Crippen molar-refractivity contribution >= 4 is 21.5 Å². The molecule has 0 saturated heterocycles. The van der Waals surface area contributed by atoms with Gasteiger partial charge in [-0.3, -0.25) is 0 Å². The van der Waals surface area contributed by atoms with Crippen LogP contribution in [0.3, 0.4) is 0 Å². The summed E-state index contributed by atoms with van der Waals surface area (Å²) in [4.78, 5) is 10.3. The fraction of sp³-hybridized carbons (Fsp3) is 0.0769. The fourth-order valence-corrected chi connectivity index (χ4v) is 6.67. The minimum absolute atomic E-state index is 0.0822. The normalized spacial score (nSPS) is 13.3. The first-order valence-electron chi connectivity index (χ1n) is 14.2. The zero-order valence-corrected chi connectivity index (χ0v) is 23.1. The molecule has 0 spiro atoms. The number of benzene rings is 6. The number of nitrogens with zero attached hydrogens (tertiary/aromatic N) is 2. The van der Waals surface area contributed by atoms with E-state index in [1.807, 2.05) is 18.2 Å². The third kappa shape index (κ3) is 3.72. The van der Waals surface area contributed by atoms with Gasteiger partial charge in [0.1, 0.15) is 0 Å². The minimum Gasteiger partial charge on any atom is -0.228 e. The second-order valence-electron chi connectivity index (χ2n) is 11.4. The summed E-state index contributed by atoms with van der Waals surface area (Å²) in [5.41, 5.74) is 10.4. The maximum Gasteiger partial charge on any atom is 0.160 e. The van der Waals surface area contributed by atoms with Gasteiger partial charge in [-0.25, -0.2) is 9.97 Å². The monoisotopic (exact) mass is 524 g/mol. The SMILES string of the molecule is CC1(C)c2ccccc2-c2ccc3c(-c4cc(-c5ccc6ccccc6c5)nc(-c5ccccc5)n4)cccc3c21. The van der Waals surface area contributed by atoms with Gasteiger partial charge in [0.2, 0.25) is 0 Å². The molecular weight excluding hydrogens is 496 g/mol. The lowest BCUT2D eigenvalue weighted by Crippen LogP contribution is -2.15. The van der Waals surface area contributed by atoms with E-state index in [1.165, 1.54) is 43.8 Å². The first kappa shape index (κ1) is 23.8. The Labute approximate surface area is 240 Å². The number of aromatic nitrogens is 2. The summed E-state index contributed by atoms with van der Waals surface area (Å²) in [5, 5.41) is 4.93. The van der Waals surface area contributed by atoms with Gasteiger partial charge in [0, 0.05) is 22.1 Å². The number of fused-ring (bicyclic) bond motifs is 6. The highest BCUT2D eigenvalue weighted by molar-refractivity contribution is 6.04. The van der Waals surface area contributed by atoms with Crippen LogP contribution in [-0.2, 0) is 5.41 Å². The van der Waals surface area contributed by atoms with Gasteiger partial charge < -0.3 is 0 Å². The number of rotatable bonds is 3. The van der Waals surface area contributed by atoms with Crippen molar-refractivity contribution < 1.29 is 0 Å². The average Bonchev–Trinajstić information content (AvgIpc) is 3.27. The molecule has 0 amide bonds. The van der Waals surface area contributed by atoms with E-state index in [9.17, 15) is 0 Å². The van der Waals surface area contributed by atoms with Crippen LogP contribution in [0.15, 0.2) is 133 Å². The Morgan fingerprint density at radius 2 is 1.20 bits per heavy atom. The van der Waals surface area contributed by atoms with E-state index in [0.717, 1.165) is 33.9 Å². The van der Waals surface area contributed by atoms with Crippen LogP contribution < -0.4 is 0 Å². The summed E-state index contributed by atoms with van der Waals surface area (Å²) in [6.45, 7) is 4.69. The van der Waals surface area contributed by atoms with Gasteiger partial charge in [0.15, 0.2) is 5.82 Å². The van der Waals surface area contributed by atoms with Crippen molar-refractivity contribution in [2.24, 2.45) is 0 Å². The van der Waals surface area contributed by atoms with Gasteiger partial charge in [0.25, 0.3) is 0 Å². The lowest BCUT2D eigenvalue weighted by atomic mass is 9.79. The highest BCUT2D eigenvalue weighted by atomic mass is 14.9. The third-order valence-corrected chi connectivity index (χ3v) is 8.66. The smallest absolute Gasteiger partial charge is 0.160 e. The average molecular weight is 525 g/mol. The number of hydrogen-bond donors (Lipinski definition) is 0. The van der Waals surface area contributed by atoms with Crippen LogP contribution in [0.1, 0.15) is 25.0 Å². The van der Waals surface area contributed by atoms with E-state index in [1.54, 1.807) is 0 Å². The first-order chi connectivity index (χ1) is 20.1. The zero-order valence-electron chi connectivity index (χ0n) is 23.1. The topological polar surface area (TPSA) is 25.8 Å². The summed E-state index contributed by atoms with van der Waals surface area (Å²) < 4.78 is 0. The molecule has 0 aliphatic heterocycles. The summed E-state index contributed by atoms with van der Waals surface area (Å²) in [6, 6.07) is 47.5. The van der Waals surface area contributed by atoms with Crippen molar-refractivity contribution in [3.05, 3.63) is 145 Å². The maximum atomic E-state index is 5.17. The molecule has 1 aliphatic carbocycles. The fourth-order valence-electron chi connectivity index (χ4n) is 6.67. The van der Waals surface area contributed by atoms with Gasteiger partial charge in [-0.1, -0.05) is 135 Å². The molecule has 0 N–H and O–H groups in total. The second-order valence-corrected chi connectivity index (χ2v) is 11.4. The van der Waals surface area contributed by atoms with Crippen LogP contribution in [0, 0.1) is 0 Å². The van der Waals surface area contributed by atoms with Gasteiger partial charge in [-0.15, -0.1) is 0 Å².